The van der Waals surface area contributed by atoms with Crippen LogP contribution in [0.2, 0.25) is 5.04 Å². The molecule has 0 heterocycles. The van der Waals surface area contributed by atoms with Crippen molar-refractivity contribution in [3.63, 3.8) is 0 Å². The summed E-state index contributed by atoms with van der Waals surface area (Å²) < 4.78 is 6.81. The van der Waals surface area contributed by atoms with E-state index in [0.29, 0.717) is 5.75 Å². The van der Waals surface area contributed by atoms with Crippen molar-refractivity contribution in [1.82, 2.24) is 0 Å². The van der Waals surface area contributed by atoms with Crippen LogP contribution in [0.25, 0.3) is 0 Å². The average molecular weight is 377 g/mol. The monoisotopic (exact) mass is 376 g/mol. The number of carboxylic acid groups (broad SMARTS) is 1. The van der Waals surface area contributed by atoms with E-state index in [9.17, 15) is 9.90 Å². The van der Waals surface area contributed by atoms with Crippen LogP contribution in [0.4, 0.5) is 0 Å². The zero-order valence-electron chi connectivity index (χ0n) is 15.8. The summed E-state index contributed by atoms with van der Waals surface area (Å²) in [7, 11) is -2.74. The Morgan fingerprint density at radius 2 is 1.33 bits per heavy atom. The molecule has 27 heavy (non-hydrogen) atoms. The van der Waals surface area contributed by atoms with E-state index in [4.69, 9.17) is 4.43 Å². The van der Waals surface area contributed by atoms with Crippen molar-refractivity contribution in [3.05, 3.63) is 90.5 Å². The Bertz CT molecular complexity index is 876. The highest BCUT2D eigenvalue weighted by atomic mass is 28.4. The molecule has 0 fully saturated rings. The summed E-state index contributed by atoms with van der Waals surface area (Å²) in [6, 6.07) is 27.4. The molecular weight excluding hydrogens is 352 g/mol. The lowest BCUT2D eigenvalue weighted by Crippen LogP contribution is -2.68. The smallest absolute Gasteiger partial charge is 0.335 e. The fourth-order valence-corrected chi connectivity index (χ4v) is 7.93. The van der Waals surface area contributed by atoms with Gasteiger partial charge >= 0.3 is 14.3 Å². The number of benzene rings is 3. The van der Waals surface area contributed by atoms with Crippen LogP contribution >= 0.6 is 0 Å². The third-order valence-corrected chi connectivity index (χ3v) is 9.72. The molecule has 4 heteroatoms. The minimum absolute atomic E-state index is 0.172. The summed E-state index contributed by atoms with van der Waals surface area (Å²) in [6.07, 6.45) is 0. The Labute approximate surface area is 161 Å². The zero-order valence-corrected chi connectivity index (χ0v) is 16.8. The third kappa shape index (κ3) is 3.66. The molecule has 3 aromatic carbocycles. The van der Waals surface area contributed by atoms with Crippen LogP contribution in [0.5, 0.6) is 5.75 Å². The molecule has 0 aliphatic carbocycles. The number of aromatic carboxylic acids is 1. The Morgan fingerprint density at radius 1 is 0.815 bits per heavy atom. The molecule has 1 N–H and O–H groups in total. The molecule has 0 amide bonds. The van der Waals surface area contributed by atoms with Crippen LogP contribution in [-0.2, 0) is 0 Å². The van der Waals surface area contributed by atoms with Crippen LogP contribution in [0, 0.1) is 0 Å². The van der Waals surface area contributed by atoms with Crippen molar-refractivity contribution in [1.29, 1.82) is 0 Å². The van der Waals surface area contributed by atoms with Gasteiger partial charge in [0.1, 0.15) is 5.75 Å². The van der Waals surface area contributed by atoms with E-state index in [-0.39, 0.29) is 10.6 Å². The Kier molecular flexibility index (Phi) is 5.19. The fourth-order valence-electron chi connectivity index (χ4n) is 3.52. The normalized spacial score (nSPS) is 11.8. The molecule has 0 bridgehead atoms. The highest BCUT2D eigenvalue weighted by molar-refractivity contribution is 7.00. The SMILES string of the molecule is CC(C)(C)[Si](Oc1cccc(C(=O)O)c1)(c1ccccc1)c1ccccc1. The Balaban J connectivity index is 2.24. The molecule has 0 aliphatic heterocycles. The predicted octanol–water partition coefficient (Wildman–Crippen LogP) is 4.32. The second kappa shape index (κ2) is 7.41. The minimum atomic E-state index is -2.74. The molecule has 3 nitrogen and oxygen atoms in total. The van der Waals surface area contributed by atoms with Gasteiger partial charge in [-0.05, 0) is 33.6 Å². The van der Waals surface area contributed by atoms with Gasteiger partial charge in [-0.2, -0.15) is 0 Å². The summed E-state index contributed by atoms with van der Waals surface area (Å²) in [5.74, 6) is -0.368. The largest absolute Gasteiger partial charge is 0.534 e. The second-order valence-electron chi connectivity index (χ2n) is 7.60. The summed E-state index contributed by atoms with van der Waals surface area (Å²) in [6.45, 7) is 6.58. The lowest BCUT2D eigenvalue weighted by Gasteiger charge is -2.43. The van der Waals surface area contributed by atoms with E-state index < -0.39 is 14.3 Å². The second-order valence-corrected chi connectivity index (χ2v) is 11.8. The molecule has 3 rings (SSSR count). The van der Waals surface area contributed by atoms with E-state index in [1.54, 1.807) is 18.2 Å². The van der Waals surface area contributed by atoms with Gasteiger partial charge in [0.2, 0.25) is 0 Å². The first kappa shape index (κ1) is 18.9. The van der Waals surface area contributed by atoms with Gasteiger partial charge in [0.25, 0.3) is 0 Å². The number of hydrogen-bond acceptors (Lipinski definition) is 2. The maximum atomic E-state index is 11.4. The first-order valence-corrected chi connectivity index (χ1v) is 10.9. The van der Waals surface area contributed by atoms with Gasteiger partial charge in [0.15, 0.2) is 0 Å². The molecule has 0 saturated carbocycles. The molecule has 0 aromatic heterocycles. The number of carbonyl (C=O) groups is 1. The first-order chi connectivity index (χ1) is 12.8. The topological polar surface area (TPSA) is 46.5 Å². The van der Waals surface area contributed by atoms with E-state index >= 15 is 0 Å². The number of rotatable bonds is 5. The molecule has 138 valence electrons. The number of carboxylic acids is 1. The summed E-state index contributed by atoms with van der Waals surface area (Å²) in [5.41, 5.74) is 0.227. The van der Waals surface area contributed by atoms with Crippen molar-refractivity contribution in [2.45, 2.75) is 25.8 Å². The van der Waals surface area contributed by atoms with Crippen LogP contribution in [0.3, 0.4) is 0 Å². The van der Waals surface area contributed by atoms with Crippen LogP contribution in [0.15, 0.2) is 84.9 Å². The average Bonchev–Trinajstić information content (AvgIpc) is 2.66. The van der Waals surface area contributed by atoms with E-state index in [0.717, 1.165) is 10.4 Å². The number of hydrogen-bond donors (Lipinski definition) is 1. The van der Waals surface area contributed by atoms with Gasteiger partial charge in [-0.3, -0.25) is 0 Å². The van der Waals surface area contributed by atoms with Gasteiger partial charge in [-0.25, -0.2) is 4.79 Å². The lowest BCUT2D eigenvalue weighted by atomic mass is 10.2. The van der Waals surface area contributed by atoms with Crippen LogP contribution in [-0.4, -0.2) is 19.4 Å². The molecular formula is C23H24O3Si. The molecule has 0 unspecified atom stereocenters. The summed E-state index contributed by atoms with van der Waals surface area (Å²) in [4.78, 5) is 11.4. The maximum Gasteiger partial charge on any atom is 0.335 e. The van der Waals surface area contributed by atoms with Crippen molar-refractivity contribution >= 4 is 24.7 Å². The van der Waals surface area contributed by atoms with Crippen molar-refractivity contribution in [2.24, 2.45) is 0 Å². The van der Waals surface area contributed by atoms with Crippen LogP contribution in [0.1, 0.15) is 31.1 Å². The highest BCUT2D eigenvalue weighted by Gasteiger charge is 2.52. The van der Waals surface area contributed by atoms with E-state index in [2.05, 4.69) is 45.0 Å². The fraction of sp³-hybridized carbons (Fsp3) is 0.174. The molecule has 0 saturated heterocycles. The Hall–Kier alpha value is -2.85. The molecule has 3 aromatic rings. The van der Waals surface area contributed by atoms with Gasteiger partial charge < -0.3 is 9.53 Å². The zero-order chi connectivity index (χ0) is 19.5. The van der Waals surface area contributed by atoms with Gasteiger partial charge in [-0.1, -0.05) is 87.5 Å². The van der Waals surface area contributed by atoms with Crippen molar-refractivity contribution in [2.75, 3.05) is 0 Å². The van der Waals surface area contributed by atoms with Gasteiger partial charge in [0, 0.05) is 0 Å². The Morgan fingerprint density at radius 3 is 1.78 bits per heavy atom. The molecule has 0 radical (unpaired) electrons. The van der Waals surface area contributed by atoms with Crippen molar-refractivity contribution in [3.8, 4) is 5.75 Å². The standard InChI is InChI=1S/C23H24O3Si/c1-23(2,3)27(20-13-6-4-7-14-20,21-15-8-5-9-16-21)26-19-12-10-11-18(17-19)22(24)25/h4-17H,1-3H3,(H,24,25). The van der Waals surface area contributed by atoms with Crippen molar-refractivity contribution < 1.29 is 14.3 Å². The van der Waals surface area contributed by atoms with Gasteiger partial charge in [0.05, 0.1) is 5.56 Å². The van der Waals surface area contributed by atoms with E-state index in [1.807, 2.05) is 42.5 Å². The molecule has 0 aliphatic rings. The van der Waals surface area contributed by atoms with Gasteiger partial charge in [-0.15, -0.1) is 0 Å². The minimum Gasteiger partial charge on any atom is -0.534 e. The maximum absolute atomic E-state index is 11.4. The quantitative estimate of drug-likeness (QED) is 0.675. The third-order valence-electron chi connectivity index (χ3n) is 4.77. The summed E-state index contributed by atoms with van der Waals surface area (Å²) >= 11 is 0. The molecule has 0 atom stereocenters. The highest BCUT2D eigenvalue weighted by Crippen LogP contribution is 2.37. The van der Waals surface area contributed by atoms with Crippen LogP contribution < -0.4 is 14.8 Å². The first-order valence-electron chi connectivity index (χ1n) is 8.98. The predicted molar refractivity (Wildman–Crippen MR) is 112 cm³/mol. The molecule has 0 spiro atoms. The lowest BCUT2D eigenvalue weighted by molar-refractivity contribution is 0.0696. The summed E-state index contributed by atoms with van der Waals surface area (Å²) in [5, 5.41) is 11.5. The van der Waals surface area contributed by atoms with E-state index in [1.165, 1.54) is 0 Å².